The third-order valence-corrected chi connectivity index (χ3v) is 3.83. The fourth-order valence-electron chi connectivity index (χ4n) is 1.58. The van der Waals surface area contributed by atoms with Crippen LogP contribution in [0.4, 0.5) is 0 Å². The van der Waals surface area contributed by atoms with Crippen LogP contribution in [0.2, 0.25) is 0 Å². The molecule has 98 valence electrons. The van der Waals surface area contributed by atoms with E-state index in [0.717, 1.165) is 23.1 Å². The number of nitrogens with one attached hydrogen (secondary N) is 1. The molecule has 0 saturated carbocycles. The summed E-state index contributed by atoms with van der Waals surface area (Å²) in [4.78, 5) is 11.5. The van der Waals surface area contributed by atoms with Gasteiger partial charge in [0, 0.05) is 11.8 Å². The van der Waals surface area contributed by atoms with E-state index in [-0.39, 0.29) is 11.7 Å². The molecule has 0 unspecified atom stereocenters. The lowest BCUT2D eigenvalue weighted by atomic mass is 10.2. The average Bonchev–Trinajstić information content (AvgIpc) is 2.65. The van der Waals surface area contributed by atoms with Crippen molar-refractivity contribution in [1.82, 2.24) is 14.8 Å². The van der Waals surface area contributed by atoms with Gasteiger partial charge in [0.1, 0.15) is 0 Å². The number of thioether (sulfide) groups is 1. The minimum absolute atomic E-state index is 0.113. The Morgan fingerprint density at radius 1 is 1.35 bits per heavy atom. The molecule has 1 aromatic rings. The van der Waals surface area contributed by atoms with E-state index in [9.17, 15) is 4.79 Å². The Balaban J connectivity index is 2.34. The minimum atomic E-state index is -0.113. The van der Waals surface area contributed by atoms with Crippen molar-refractivity contribution in [2.24, 2.45) is 0 Å². The summed E-state index contributed by atoms with van der Waals surface area (Å²) < 4.78 is 1.71. The van der Waals surface area contributed by atoms with Crippen LogP contribution in [0.5, 0.6) is 0 Å². The maximum Gasteiger partial charge on any atom is 0.344 e. The molecule has 0 aliphatic rings. The third kappa shape index (κ3) is 4.79. The first-order valence-corrected chi connectivity index (χ1v) is 7.69. The Kier molecular flexibility index (Phi) is 6.80. The van der Waals surface area contributed by atoms with E-state index < -0.39 is 0 Å². The largest absolute Gasteiger partial charge is 0.344 e. The Labute approximate surface area is 112 Å². The van der Waals surface area contributed by atoms with Crippen molar-refractivity contribution in [3.05, 3.63) is 10.5 Å². The van der Waals surface area contributed by atoms with Crippen LogP contribution in [-0.2, 0) is 0 Å². The number of aromatic amines is 1. The van der Waals surface area contributed by atoms with Gasteiger partial charge in [0.25, 0.3) is 0 Å². The molecule has 0 aliphatic heterocycles. The molecule has 1 heterocycles. The highest BCUT2D eigenvalue weighted by Crippen LogP contribution is 2.18. The molecule has 0 atom stereocenters. The number of H-pyrrole nitrogens is 1. The zero-order valence-corrected chi connectivity index (χ0v) is 12.2. The molecule has 6 heteroatoms. The third-order valence-electron chi connectivity index (χ3n) is 2.47. The zero-order chi connectivity index (χ0) is 12.7. The molecule has 0 aliphatic carbocycles. The van der Waals surface area contributed by atoms with Crippen molar-refractivity contribution in [3.8, 4) is 0 Å². The van der Waals surface area contributed by atoms with E-state index in [4.69, 9.17) is 0 Å². The van der Waals surface area contributed by atoms with Crippen molar-refractivity contribution in [2.45, 2.75) is 50.7 Å². The van der Waals surface area contributed by atoms with Crippen molar-refractivity contribution in [3.63, 3.8) is 0 Å². The maximum absolute atomic E-state index is 11.5. The SMILES string of the molecule is CC(C)n1c(SCCCCCCS)n[nH]c1=O. The molecule has 0 saturated heterocycles. The second-order valence-corrected chi connectivity index (χ2v) is 5.77. The summed E-state index contributed by atoms with van der Waals surface area (Å²) in [6, 6.07) is 0.160. The smallest absolute Gasteiger partial charge is 0.268 e. The van der Waals surface area contributed by atoms with Gasteiger partial charge in [-0.1, -0.05) is 24.6 Å². The molecule has 17 heavy (non-hydrogen) atoms. The summed E-state index contributed by atoms with van der Waals surface area (Å²) in [5.41, 5.74) is -0.113. The van der Waals surface area contributed by atoms with Gasteiger partial charge in [0.2, 0.25) is 0 Å². The second kappa shape index (κ2) is 7.87. The molecule has 0 radical (unpaired) electrons. The van der Waals surface area contributed by atoms with E-state index in [1.54, 1.807) is 16.3 Å². The average molecular weight is 275 g/mol. The number of rotatable bonds is 8. The highest BCUT2D eigenvalue weighted by Gasteiger charge is 2.10. The van der Waals surface area contributed by atoms with Gasteiger partial charge in [-0.25, -0.2) is 9.89 Å². The van der Waals surface area contributed by atoms with Gasteiger partial charge in [-0.3, -0.25) is 4.57 Å². The first-order chi connectivity index (χ1) is 8.16. The predicted molar refractivity (Wildman–Crippen MR) is 76.3 cm³/mol. The summed E-state index contributed by atoms with van der Waals surface area (Å²) in [5, 5.41) is 7.36. The van der Waals surface area contributed by atoms with Gasteiger partial charge < -0.3 is 0 Å². The highest BCUT2D eigenvalue weighted by molar-refractivity contribution is 7.99. The summed E-state index contributed by atoms with van der Waals surface area (Å²) in [6.45, 7) is 3.99. The number of unbranched alkanes of at least 4 members (excludes halogenated alkanes) is 3. The molecule has 0 fully saturated rings. The first-order valence-electron chi connectivity index (χ1n) is 6.07. The van der Waals surface area contributed by atoms with Gasteiger partial charge in [-0.15, -0.1) is 5.10 Å². The Morgan fingerprint density at radius 2 is 2.06 bits per heavy atom. The highest BCUT2D eigenvalue weighted by atomic mass is 32.2. The minimum Gasteiger partial charge on any atom is -0.268 e. The summed E-state index contributed by atoms with van der Waals surface area (Å²) >= 11 is 5.84. The maximum atomic E-state index is 11.5. The molecule has 4 nitrogen and oxygen atoms in total. The van der Waals surface area contributed by atoms with Gasteiger partial charge in [-0.05, 0) is 32.4 Å². The normalized spacial score (nSPS) is 11.3. The fourth-order valence-corrected chi connectivity index (χ4v) is 2.88. The Morgan fingerprint density at radius 3 is 2.71 bits per heavy atom. The van der Waals surface area contributed by atoms with Crippen LogP contribution >= 0.6 is 24.4 Å². The molecule has 0 aromatic carbocycles. The topological polar surface area (TPSA) is 50.7 Å². The quantitative estimate of drug-likeness (QED) is 0.436. The fraction of sp³-hybridized carbons (Fsp3) is 0.818. The van der Waals surface area contributed by atoms with Crippen molar-refractivity contribution in [2.75, 3.05) is 11.5 Å². The second-order valence-electron chi connectivity index (χ2n) is 4.26. The van der Waals surface area contributed by atoms with Gasteiger partial charge in [0.15, 0.2) is 5.16 Å². The van der Waals surface area contributed by atoms with Crippen LogP contribution in [0.25, 0.3) is 0 Å². The summed E-state index contributed by atoms with van der Waals surface area (Å²) in [7, 11) is 0. The summed E-state index contributed by atoms with van der Waals surface area (Å²) in [5.74, 6) is 1.99. The van der Waals surface area contributed by atoms with Gasteiger partial charge in [-0.2, -0.15) is 12.6 Å². The van der Waals surface area contributed by atoms with Crippen molar-refractivity contribution >= 4 is 24.4 Å². The van der Waals surface area contributed by atoms with Gasteiger partial charge >= 0.3 is 5.69 Å². The van der Waals surface area contributed by atoms with E-state index in [1.165, 1.54) is 19.3 Å². The molecule has 0 spiro atoms. The van der Waals surface area contributed by atoms with E-state index >= 15 is 0 Å². The standard InChI is InChI=1S/C11H21N3OS2/c1-9(2)14-10(15)12-13-11(14)17-8-6-4-3-5-7-16/h9,16H,3-8H2,1-2H3,(H,12,15). The molecular weight excluding hydrogens is 254 g/mol. The molecular formula is C11H21N3OS2. The van der Waals surface area contributed by atoms with Crippen LogP contribution in [0.15, 0.2) is 9.95 Å². The number of nitrogens with zero attached hydrogens (tertiary/aromatic N) is 2. The van der Waals surface area contributed by atoms with E-state index in [0.29, 0.717) is 0 Å². The van der Waals surface area contributed by atoms with Crippen molar-refractivity contribution in [1.29, 1.82) is 0 Å². The Hall–Kier alpha value is -0.360. The monoisotopic (exact) mass is 275 g/mol. The van der Waals surface area contributed by atoms with Crippen LogP contribution in [0.1, 0.15) is 45.6 Å². The Bertz CT molecular complexity index is 373. The van der Waals surface area contributed by atoms with Crippen LogP contribution < -0.4 is 5.69 Å². The lowest BCUT2D eigenvalue weighted by molar-refractivity contribution is 0.534. The molecule has 1 N–H and O–H groups in total. The van der Waals surface area contributed by atoms with Crippen LogP contribution in [-0.4, -0.2) is 26.3 Å². The number of hydrogen-bond donors (Lipinski definition) is 2. The molecule has 0 amide bonds. The molecule has 0 bridgehead atoms. The van der Waals surface area contributed by atoms with Gasteiger partial charge in [0.05, 0.1) is 0 Å². The van der Waals surface area contributed by atoms with Crippen LogP contribution in [0, 0.1) is 0 Å². The summed E-state index contributed by atoms with van der Waals surface area (Å²) in [6.07, 6.45) is 4.82. The number of hydrogen-bond acceptors (Lipinski definition) is 4. The number of thiol groups is 1. The van der Waals surface area contributed by atoms with E-state index in [2.05, 4.69) is 22.8 Å². The zero-order valence-electron chi connectivity index (χ0n) is 10.5. The molecule has 1 aromatic heterocycles. The van der Waals surface area contributed by atoms with E-state index in [1.807, 2.05) is 13.8 Å². The number of aromatic nitrogens is 3. The lowest BCUT2D eigenvalue weighted by Crippen LogP contribution is -2.19. The first kappa shape index (κ1) is 14.7. The van der Waals surface area contributed by atoms with Crippen molar-refractivity contribution < 1.29 is 0 Å². The predicted octanol–water partition coefficient (Wildman–Crippen LogP) is 2.73. The lowest BCUT2D eigenvalue weighted by Gasteiger charge is -2.08. The van der Waals surface area contributed by atoms with Crippen LogP contribution in [0.3, 0.4) is 0 Å². The molecule has 1 rings (SSSR count).